The molecular formula is C22H21F3N6O2. The highest BCUT2D eigenvalue weighted by molar-refractivity contribution is 5.92. The molecule has 0 spiro atoms. The van der Waals surface area contributed by atoms with Gasteiger partial charge in [-0.3, -0.25) is 0 Å². The molecule has 5 rings (SSSR count). The number of halogens is 3. The van der Waals surface area contributed by atoms with Gasteiger partial charge < -0.3 is 14.7 Å². The van der Waals surface area contributed by atoms with E-state index in [1.54, 1.807) is 11.8 Å². The number of carbonyl (C=O) groups excluding carboxylic acids is 1. The molecule has 0 radical (unpaired) electrons. The van der Waals surface area contributed by atoms with Crippen LogP contribution in [0.4, 0.5) is 23.7 Å². The van der Waals surface area contributed by atoms with Crippen molar-refractivity contribution >= 4 is 11.7 Å². The van der Waals surface area contributed by atoms with Gasteiger partial charge in [0.15, 0.2) is 11.6 Å². The van der Waals surface area contributed by atoms with Gasteiger partial charge in [-0.05, 0) is 49.9 Å². The summed E-state index contributed by atoms with van der Waals surface area (Å²) >= 11 is 0. The lowest BCUT2D eigenvalue weighted by Gasteiger charge is -2.61. The Morgan fingerprint density at radius 3 is 2.67 bits per heavy atom. The predicted octanol–water partition coefficient (Wildman–Crippen LogP) is 4.79. The van der Waals surface area contributed by atoms with Gasteiger partial charge in [-0.1, -0.05) is 12.1 Å². The first-order valence-electron chi connectivity index (χ1n) is 10.6. The van der Waals surface area contributed by atoms with Crippen LogP contribution in [0.2, 0.25) is 0 Å². The van der Waals surface area contributed by atoms with Crippen LogP contribution in [0.25, 0.3) is 11.4 Å². The highest BCUT2D eigenvalue weighted by Crippen LogP contribution is 2.55. The topological polar surface area (TPSA) is 97.0 Å². The number of urea groups is 1. The first kappa shape index (κ1) is 21.4. The zero-order chi connectivity index (χ0) is 23.4. The lowest BCUT2D eigenvalue weighted by Crippen LogP contribution is -2.70. The first-order valence-corrected chi connectivity index (χ1v) is 10.6. The minimum atomic E-state index is -4.60. The van der Waals surface area contributed by atoms with Crippen molar-refractivity contribution in [1.29, 1.82) is 0 Å². The fourth-order valence-electron chi connectivity index (χ4n) is 5.11. The fourth-order valence-corrected chi connectivity index (χ4v) is 5.11. The molecule has 3 heterocycles. The standard InChI is InChI=1S/C22H21F3N6O2/c1-12-8-15-11-21(10-12,19-28-13(2)30-33-19)31(15)20(32)29-14-4-5-17(22(23,24)25)16(9-14)18-26-6-3-7-27-18/h3-7,9,12,15H,8,10-11H2,1-2H3,(H,29,32)/t12-,15-,21+/m1/s1. The second kappa shape index (κ2) is 7.53. The van der Waals surface area contributed by atoms with Crippen LogP contribution >= 0.6 is 0 Å². The molecule has 172 valence electrons. The molecule has 1 aromatic carbocycles. The number of benzene rings is 1. The zero-order valence-electron chi connectivity index (χ0n) is 17.9. The Kier molecular flexibility index (Phi) is 4.87. The average Bonchev–Trinajstić information content (AvgIpc) is 3.19. The van der Waals surface area contributed by atoms with Crippen LogP contribution in [0.3, 0.4) is 0 Å². The molecule has 1 aliphatic heterocycles. The molecule has 11 heteroatoms. The molecule has 2 aliphatic rings. The first-order chi connectivity index (χ1) is 15.7. The number of aryl methyl sites for hydroxylation is 1. The van der Waals surface area contributed by atoms with E-state index in [1.165, 1.54) is 30.6 Å². The summed E-state index contributed by atoms with van der Waals surface area (Å²) in [7, 11) is 0. The number of fused-ring (bicyclic) bond motifs is 2. The van der Waals surface area contributed by atoms with Crippen molar-refractivity contribution in [2.24, 2.45) is 5.92 Å². The van der Waals surface area contributed by atoms with Crippen molar-refractivity contribution in [2.75, 3.05) is 5.32 Å². The van der Waals surface area contributed by atoms with E-state index in [9.17, 15) is 18.0 Å². The molecule has 1 saturated heterocycles. The quantitative estimate of drug-likeness (QED) is 0.606. The highest BCUT2D eigenvalue weighted by Gasteiger charge is 2.62. The van der Waals surface area contributed by atoms with Gasteiger partial charge in [0.1, 0.15) is 5.54 Å². The minimum absolute atomic E-state index is 0.00710. The van der Waals surface area contributed by atoms with Crippen molar-refractivity contribution in [1.82, 2.24) is 25.0 Å². The number of aromatic nitrogens is 4. The predicted molar refractivity (Wildman–Crippen MR) is 111 cm³/mol. The van der Waals surface area contributed by atoms with Crippen LogP contribution in [-0.2, 0) is 11.7 Å². The number of nitrogens with one attached hydrogen (secondary N) is 1. The molecule has 2 bridgehead atoms. The second-order valence-corrected chi connectivity index (χ2v) is 8.71. The van der Waals surface area contributed by atoms with Gasteiger partial charge in [-0.2, -0.15) is 18.2 Å². The lowest BCUT2D eigenvalue weighted by molar-refractivity contribution is -0.137. The number of carbonyl (C=O) groups is 1. The Bertz CT molecular complexity index is 1200. The number of amides is 2. The third kappa shape index (κ3) is 3.61. The number of hydrogen-bond acceptors (Lipinski definition) is 6. The third-order valence-electron chi connectivity index (χ3n) is 6.29. The summed E-state index contributed by atoms with van der Waals surface area (Å²) in [4.78, 5) is 27.3. The summed E-state index contributed by atoms with van der Waals surface area (Å²) in [6.45, 7) is 3.83. The highest BCUT2D eigenvalue weighted by atomic mass is 19.4. The number of anilines is 1. The number of alkyl halides is 3. The largest absolute Gasteiger partial charge is 0.417 e. The molecule has 2 fully saturated rings. The van der Waals surface area contributed by atoms with E-state index in [1.807, 2.05) is 0 Å². The van der Waals surface area contributed by atoms with Gasteiger partial charge in [-0.15, -0.1) is 0 Å². The Morgan fingerprint density at radius 2 is 2.00 bits per heavy atom. The maximum atomic E-state index is 13.6. The van der Waals surface area contributed by atoms with Crippen LogP contribution in [0.15, 0.2) is 41.2 Å². The maximum Gasteiger partial charge on any atom is 0.417 e. The SMILES string of the molecule is Cc1noc([C@]23C[C@H](C)C[C@H](C2)N3C(=O)Nc2ccc(C(F)(F)F)c(-c3ncccn3)c2)n1. The molecule has 1 N–H and O–H groups in total. The van der Waals surface area contributed by atoms with Crippen LogP contribution in [-0.4, -0.2) is 37.1 Å². The van der Waals surface area contributed by atoms with Gasteiger partial charge in [0.25, 0.3) is 5.89 Å². The average molecular weight is 458 g/mol. The smallest absolute Gasteiger partial charge is 0.337 e. The van der Waals surface area contributed by atoms with E-state index in [0.29, 0.717) is 30.5 Å². The molecule has 1 saturated carbocycles. The molecule has 0 unspecified atom stereocenters. The molecule has 3 atom stereocenters. The van der Waals surface area contributed by atoms with Crippen LogP contribution in [0.5, 0.6) is 0 Å². The number of likely N-dealkylation sites (tertiary alicyclic amines) is 1. The summed E-state index contributed by atoms with van der Waals surface area (Å²) in [5.74, 6) is 1.17. The van der Waals surface area contributed by atoms with E-state index in [-0.39, 0.29) is 23.1 Å². The normalized spacial score (nSPS) is 24.3. The van der Waals surface area contributed by atoms with Crippen LogP contribution in [0, 0.1) is 12.8 Å². The van der Waals surface area contributed by atoms with Crippen molar-refractivity contribution in [3.05, 3.63) is 53.9 Å². The Hall–Kier alpha value is -3.50. The Morgan fingerprint density at radius 1 is 1.24 bits per heavy atom. The van der Waals surface area contributed by atoms with Gasteiger partial charge in [-0.25, -0.2) is 14.8 Å². The van der Waals surface area contributed by atoms with E-state index >= 15 is 0 Å². The third-order valence-corrected chi connectivity index (χ3v) is 6.29. The molecule has 3 aromatic rings. The molecule has 1 aliphatic carbocycles. The van der Waals surface area contributed by atoms with E-state index in [4.69, 9.17) is 4.52 Å². The number of piperidine rings is 1. The monoisotopic (exact) mass is 458 g/mol. The zero-order valence-corrected chi connectivity index (χ0v) is 17.9. The molecule has 2 aromatic heterocycles. The summed E-state index contributed by atoms with van der Waals surface area (Å²) in [5, 5.41) is 6.63. The van der Waals surface area contributed by atoms with Gasteiger partial charge in [0.05, 0.1) is 5.56 Å². The summed E-state index contributed by atoms with van der Waals surface area (Å²) in [6, 6.07) is 4.50. The maximum absolute atomic E-state index is 13.6. The number of hydrogen-bond donors (Lipinski definition) is 1. The fraction of sp³-hybridized carbons (Fsp3) is 0.409. The summed E-state index contributed by atoms with van der Waals surface area (Å²) in [6.07, 6.45) is 0.357. The van der Waals surface area contributed by atoms with Gasteiger partial charge >= 0.3 is 12.2 Å². The molecule has 2 amide bonds. The number of rotatable bonds is 3. The summed E-state index contributed by atoms with van der Waals surface area (Å²) < 4.78 is 46.2. The second-order valence-electron chi connectivity index (χ2n) is 8.71. The molecule has 33 heavy (non-hydrogen) atoms. The van der Waals surface area contributed by atoms with Gasteiger partial charge in [0, 0.05) is 36.1 Å². The van der Waals surface area contributed by atoms with Crippen molar-refractivity contribution < 1.29 is 22.5 Å². The minimum Gasteiger partial charge on any atom is -0.337 e. The molecule has 8 nitrogen and oxygen atoms in total. The van der Waals surface area contributed by atoms with Crippen molar-refractivity contribution in [2.45, 2.75) is 50.9 Å². The lowest BCUT2D eigenvalue weighted by atomic mass is 9.64. The van der Waals surface area contributed by atoms with E-state index in [0.717, 1.165) is 12.5 Å². The Balaban J connectivity index is 1.46. The van der Waals surface area contributed by atoms with Gasteiger partial charge in [0.2, 0.25) is 0 Å². The molecular weight excluding hydrogens is 437 g/mol. The van der Waals surface area contributed by atoms with Crippen LogP contribution < -0.4 is 5.32 Å². The summed E-state index contributed by atoms with van der Waals surface area (Å²) in [5.41, 5.74) is -1.57. The van der Waals surface area contributed by atoms with E-state index in [2.05, 4.69) is 32.3 Å². The number of nitrogens with zero attached hydrogens (tertiary/aromatic N) is 5. The van der Waals surface area contributed by atoms with Crippen LogP contribution in [0.1, 0.15) is 43.5 Å². The van der Waals surface area contributed by atoms with Crippen molar-refractivity contribution in [3.8, 4) is 11.4 Å². The van der Waals surface area contributed by atoms with Crippen molar-refractivity contribution in [3.63, 3.8) is 0 Å². The van der Waals surface area contributed by atoms with E-state index < -0.39 is 23.3 Å². The Labute approximate surface area is 187 Å².